The van der Waals surface area contributed by atoms with E-state index in [0.717, 1.165) is 36.7 Å². The number of hydrogen-bond acceptors (Lipinski definition) is 2. The number of hydrogen-bond donors (Lipinski definition) is 2. The van der Waals surface area contributed by atoms with Crippen molar-refractivity contribution in [2.24, 2.45) is 5.92 Å². The fourth-order valence-electron chi connectivity index (χ4n) is 4.14. The van der Waals surface area contributed by atoms with Crippen molar-refractivity contribution in [3.05, 3.63) is 65.0 Å². The summed E-state index contributed by atoms with van der Waals surface area (Å²) in [5.74, 6) is -2.01. The number of nitrogens with one attached hydrogen (secondary N) is 1. The van der Waals surface area contributed by atoms with Crippen LogP contribution >= 0.6 is 0 Å². The lowest BCUT2D eigenvalue weighted by Gasteiger charge is -2.20. The van der Waals surface area contributed by atoms with Gasteiger partial charge in [-0.05, 0) is 42.2 Å². The van der Waals surface area contributed by atoms with Crippen molar-refractivity contribution in [3.8, 4) is 0 Å². The van der Waals surface area contributed by atoms with Crippen LogP contribution in [0.25, 0.3) is 11.0 Å². The number of aromatic amines is 1. The molecule has 1 aliphatic carbocycles. The van der Waals surface area contributed by atoms with Crippen molar-refractivity contribution in [2.45, 2.75) is 38.0 Å². The number of H-pyrrole nitrogens is 1. The molecule has 0 aliphatic heterocycles. The highest BCUT2D eigenvalue weighted by molar-refractivity contribution is 5.88. The highest BCUT2D eigenvalue weighted by Crippen LogP contribution is 2.38. The zero-order valence-corrected chi connectivity index (χ0v) is 14.7. The summed E-state index contributed by atoms with van der Waals surface area (Å²) < 4.78 is 27.8. The molecule has 4 nitrogen and oxygen atoms in total. The molecular formula is C21H20F2N2O2. The van der Waals surface area contributed by atoms with E-state index >= 15 is 0 Å². The van der Waals surface area contributed by atoms with E-state index in [2.05, 4.69) is 9.97 Å². The molecule has 0 bridgehead atoms. The first-order valence-corrected chi connectivity index (χ1v) is 9.18. The fraction of sp³-hybridized carbons (Fsp3) is 0.333. The number of carboxylic acid groups (broad SMARTS) is 1. The van der Waals surface area contributed by atoms with Crippen LogP contribution in [-0.2, 0) is 0 Å². The van der Waals surface area contributed by atoms with E-state index in [4.69, 9.17) is 5.11 Å². The molecule has 1 atom stereocenters. The molecule has 0 saturated heterocycles. The molecule has 1 fully saturated rings. The summed E-state index contributed by atoms with van der Waals surface area (Å²) in [6.45, 7) is 0. The van der Waals surface area contributed by atoms with Gasteiger partial charge in [-0.2, -0.15) is 0 Å². The van der Waals surface area contributed by atoms with Crippen LogP contribution in [0.5, 0.6) is 0 Å². The number of rotatable bonds is 5. The van der Waals surface area contributed by atoms with Gasteiger partial charge in [-0.15, -0.1) is 0 Å². The van der Waals surface area contributed by atoms with E-state index in [1.165, 1.54) is 31.0 Å². The Morgan fingerprint density at radius 2 is 2.00 bits per heavy atom. The molecule has 0 amide bonds. The minimum Gasteiger partial charge on any atom is -0.478 e. The zero-order valence-electron chi connectivity index (χ0n) is 14.7. The topological polar surface area (TPSA) is 66.0 Å². The Hall–Kier alpha value is -2.76. The second-order valence-corrected chi connectivity index (χ2v) is 7.30. The smallest absolute Gasteiger partial charge is 0.338 e. The van der Waals surface area contributed by atoms with E-state index in [1.54, 1.807) is 6.07 Å². The molecule has 1 saturated carbocycles. The van der Waals surface area contributed by atoms with Gasteiger partial charge in [-0.3, -0.25) is 0 Å². The molecular weight excluding hydrogens is 350 g/mol. The minimum absolute atomic E-state index is 0.122. The van der Waals surface area contributed by atoms with Gasteiger partial charge in [0.25, 0.3) is 0 Å². The summed E-state index contributed by atoms with van der Waals surface area (Å²) in [5.41, 5.74) is 1.82. The second-order valence-electron chi connectivity index (χ2n) is 7.30. The highest BCUT2D eigenvalue weighted by atomic mass is 19.1. The van der Waals surface area contributed by atoms with Crippen LogP contribution in [0.2, 0.25) is 0 Å². The fourth-order valence-corrected chi connectivity index (χ4v) is 4.14. The molecule has 1 aromatic carbocycles. The zero-order chi connectivity index (χ0) is 19.0. The van der Waals surface area contributed by atoms with Gasteiger partial charge >= 0.3 is 5.97 Å². The van der Waals surface area contributed by atoms with Gasteiger partial charge in [0.15, 0.2) is 0 Å². The van der Waals surface area contributed by atoms with Gasteiger partial charge in [0, 0.05) is 17.0 Å². The lowest BCUT2D eigenvalue weighted by molar-refractivity contribution is 0.0692. The Kier molecular flexibility index (Phi) is 4.64. The van der Waals surface area contributed by atoms with Gasteiger partial charge in [0.05, 0.1) is 11.8 Å². The minimum atomic E-state index is -1.28. The maximum absolute atomic E-state index is 14.3. The maximum Gasteiger partial charge on any atom is 0.338 e. The van der Waals surface area contributed by atoms with Crippen molar-refractivity contribution in [1.82, 2.24) is 9.97 Å². The van der Waals surface area contributed by atoms with E-state index in [0.29, 0.717) is 17.0 Å². The van der Waals surface area contributed by atoms with Gasteiger partial charge in [-0.25, -0.2) is 18.6 Å². The molecule has 1 unspecified atom stereocenters. The molecule has 4 rings (SSSR count). The van der Waals surface area contributed by atoms with Crippen LogP contribution < -0.4 is 0 Å². The van der Waals surface area contributed by atoms with Crippen molar-refractivity contribution < 1.29 is 18.7 Å². The maximum atomic E-state index is 14.3. The standard InChI is InChI=1S/C21H20F2N2O2/c22-15-8-14-10-19(25-20(14)24-11-15)17(7-12-3-1-2-4-12)13-5-6-16(21(26)27)18(23)9-13/h5-6,8-12,17H,1-4,7H2,(H,24,25)(H,26,27). The average Bonchev–Trinajstić information content (AvgIpc) is 3.28. The third kappa shape index (κ3) is 3.56. The largest absolute Gasteiger partial charge is 0.478 e. The molecule has 1 aliphatic rings. The van der Waals surface area contributed by atoms with Crippen LogP contribution in [0.1, 0.15) is 59.6 Å². The normalized spacial score (nSPS) is 16.1. The van der Waals surface area contributed by atoms with Crippen molar-refractivity contribution >= 4 is 17.0 Å². The average molecular weight is 370 g/mol. The summed E-state index contributed by atoms with van der Waals surface area (Å²) >= 11 is 0. The molecule has 6 heteroatoms. The molecule has 140 valence electrons. The lowest BCUT2D eigenvalue weighted by atomic mass is 9.85. The van der Waals surface area contributed by atoms with Crippen molar-refractivity contribution in [1.29, 1.82) is 0 Å². The summed E-state index contributed by atoms with van der Waals surface area (Å²) in [7, 11) is 0. The van der Waals surface area contributed by atoms with E-state index in [-0.39, 0.29) is 11.5 Å². The summed E-state index contributed by atoms with van der Waals surface area (Å²) in [5, 5.41) is 9.74. The number of pyridine rings is 1. The van der Waals surface area contributed by atoms with Crippen molar-refractivity contribution in [3.63, 3.8) is 0 Å². The van der Waals surface area contributed by atoms with Crippen LogP contribution in [0, 0.1) is 17.6 Å². The molecule has 2 N–H and O–H groups in total. The molecule has 2 aromatic heterocycles. The summed E-state index contributed by atoms with van der Waals surface area (Å²) in [4.78, 5) is 18.4. The SMILES string of the molecule is O=C(O)c1ccc(C(CC2CCCC2)c2cc3cc(F)cnc3[nH]2)cc1F. The van der Waals surface area contributed by atoms with E-state index in [9.17, 15) is 13.6 Å². The van der Waals surface area contributed by atoms with E-state index < -0.39 is 17.6 Å². The first-order valence-electron chi connectivity index (χ1n) is 9.18. The van der Waals surface area contributed by atoms with Crippen LogP contribution in [-0.4, -0.2) is 21.0 Å². The molecule has 2 heterocycles. The number of aromatic carboxylic acids is 1. The van der Waals surface area contributed by atoms with Gasteiger partial charge < -0.3 is 10.1 Å². The monoisotopic (exact) mass is 370 g/mol. The summed E-state index contributed by atoms with van der Waals surface area (Å²) in [6.07, 6.45) is 6.67. The predicted molar refractivity (Wildman–Crippen MR) is 97.8 cm³/mol. The van der Waals surface area contributed by atoms with Crippen LogP contribution in [0.15, 0.2) is 36.5 Å². The highest BCUT2D eigenvalue weighted by Gasteiger charge is 2.25. The third-order valence-electron chi connectivity index (χ3n) is 5.50. The Balaban J connectivity index is 1.75. The Labute approximate surface area is 155 Å². The molecule has 27 heavy (non-hydrogen) atoms. The number of fused-ring (bicyclic) bond motifs is 1. The first kappa shape index (κ1) is 17.6. The Bertz CT molecular complexity index is 993. The number of carbonyl (C=O) groups is 1. The Morgan fingerprint density at radius 1 is 1.22 bits per heavy atom. The van der Waals surface area contributed by atoms with Crippen LogP contribution in [0.3, 0.4) is 0 Å². The van der Waals surface area contributed by atoms with Gasteiger partial charge in [0.1, 0.15) is 17.3 Å². The second kappa shape index (κ2) is 7.10. The van der Waals surface area contributed by atoms with E-state index in [1.807, 2.05) is 6.07 Å². The number of aromatic nitrogens is 2. The molecule has 3 aromatic rings. The van der Waals surface area contributed by atoms with Crippen LogP contribution in [0.4, 0.5) is 8.78 Å². The van der Waals surface area contributed by atoms with Crippen molar-refractivity contribution in [2.75, 3.05) is 0 Å². The molecule has 0 radical (unpaired) electrons. The van der Waals surface area contributed by atoms with Gasteiger partial charge in [-0.1, -0.05) is 31.7 Å². The first-order chi connectivity index (χ1) is 13.0. The number of carboxylic acids is 1. The lowest BCUT2D eigenvalue weighted by Crippen LogP contribution is -2.09. The number of benzene rings is 1. The predicted octanol–water partition coefficient (Wildman–Crippen LogP) is 5.25. The Morgan fingerprint density at radius 3 is 2.70 bits per heavy atom. The summed E-state index contributed by atoms with van der Waals surface area (Å²) in [6, 6.07) is 7.57. The van der Waals surface area contributed by atoms with Gasteiger partial charge in [0.2, 0.25) is 0 Å². The third-order valence-corrected chi connectivity index (χ3v) is 5.50. The molecule has 0 spiro atoms. The number of halogens is 2. The quantitative estimate of drug-likeness (QED) is 0.644. The number of nitrogens with zero attached hydrogens (tertiary/aromatic N) is 1.